The smallest absolute Gasteiger partial charge is 0.406 e. The average Bonchev–Trinajstić information content (AvgIpc) is 2.91. The lowest BCUT2D eigenvalue weighted by molar-refractivity contribution is -0.274. The number of hydrogen-bond acceptors (Lipinski definition) is 1. The summed E-state index contributed by atoms with van der Waals surface area (Å²) in [6.07, 6.45) is -1.95. The number of para-hydroxylation sites is 1. The van der Waals surface area contributed by atoms with Crippen LogP contribution in [0.25, 0.3) is 10.9 Å². The van der Waals surface area contributed by atoms with E-state index in [0.717, 1.165) is 22.9 Å². The van der Waals surface area contributed by atoms with Crippen LogP contribution in [0.2, 0.25) is 0 Å². The molecular weight excluding hydrogens is 303 g/mol. The van der Waals surface area contributed by atoms with E-state index in [0.29, 0.717) is 0 Å². The Balaban J connectivity index is 2.00. The number of alkyl halides is 3. The Hall–Kier alpha value is -2.43. The van der Waals surface area contributed by atoms with Gasteiger partial charge in [0.2, 0.25) is 0 Å². The molecule has 2 aromatic carbocycles. The van der Waals surface area contributed by atoms with Gasteiger partial charge in [0.05, 0.1) is 6.04 Å². The second-order valence-corrected chi connectivity index (χ2v) is 5.33. The van der Waals surface area contributed by atoms with Crippen LogP contribution in [0.5, 0.6) is 5.75 Å². The summed E-state index contributed by atoms with van der Waals surface area (Å²) in [5, 5.41) is 1.11. The molecule has 3 rings (SSSR count). The Morgan fingerprint density at radius 2 is 1.83 bits per heavy atom. The first-order valence-corrected chi connectivity index (χ1v) is 7.39. The van der Waals surface area contributed by atoms with E-state index in [4.69, 9.17) is 0 Å². The van der Waals surface area contributed by atoms with Crippen molar-refractivity contribution in [1.82, 2.24) is 4.57 Å². The maximum absolute atomic E-state index is 12.4. The number of ether oxygens (including phenoxy) is 1. The average molecular weight is 319 g/mol. The molecule has 0 aliphatic rings. The molecule has 2 nitrogen and oxygen atoms in total. The van der Waals surface area contributed by atoms with Gasteiger partial charge >= 0.3 is 6.36 Å². The highest BCUT2D eigenvalue weighted by Gasteiger charge is 2.31. The number of benzene rings is 2. The van der Waals surface area contributed by atoms with Gasteiger partial charge in [0.15, 0.2) is 0 Å². The zero-order chi connectivity index (χ0) is 16.4. The molecule has 1 aromatic heterocycles. The van der Waals surface area contributed by atoms with Gasteiger partial charge in [-0.15, -0.1) is 13.2 Å². The van der Waals surface area contributed by atoms with Gasteiger partial charge in [0.25, 0.3) is 0 Å². The lowest BCUT2D eigenvalue weighted by Gasteiger charge is -2.20. The molecule has 3 aromatic rings. The van der Waals surface area contributed by atoms with Gasteiger partial charge in [-0.05, 0) is 41.6 Å². The molecule has 0 spiro atoms. The van der Waals surface area contributed by atoms with Gasteiger partial charge in [-0.3, -0.25) is 0 Å². The Labute approximate surface area is 132 Å². The van der Waals surface area contributed by atoms with E-state index < -0.39 is 6.36 Å². The van der Waals surface area contributed by atoms with Gasteiger partial charge in [0.1, 0.15) is 5.75 Å². The summed E-state index contributed by atoms with van der Waals surface area (Å²) in [6, 6.07) is 16.1. The van der Waals surface area contributed by atoms with Crippen molar-refractivity contribution in [1.29, 1.82) is 0 Å². The summed E-state index contributed by atoms with van der Waals surface area (Å²) in [5.74, 6) is -0.190. The van der Waals surface area contributed by atoms with Gasteiger partial charge in [-0.25, -0.2) is 0 Å². The van der Waals surface area contributed by atoms with Crippen molar-refractivity contribution in [2.45, 2.75) is 25.7 Å². The van der Waals surface area contributed by atoms with Crippen LogP contribution in [-0.4, -0.2) is 10.9 Å². The first-order valence-electron chi connectivity index (χ1n) is 7.39. The van der Waals surface area contributed by atoms with Gasteiger partial charge in [0, 0.05) is 11.7 Å². The predicted octanol–water partition coefficient (Wildman–Crippen LogP) is 5.54. The summed E-state index contributed by atoms with van der Waals surface area (Å²) < 4.78 is 43.3. The van der Waals surface area contributed by atoms with Crippen molar-refractivity contribution >= 4 is 10.9 Å². The van der Waals surface area contributed by atoms with E-state index in [2.05, 4.69) is 9.30 Å². The molecular formula is C18H16F3NO. The summed E-state index contributed by atoms with van der Waals surface area (Å²) in [5.41, 5.74) is 1.84. The molecule has 1 heterocycles. The first-order chi connectivity index (χ1) is 11.0. The monoisotopic (exact) mass is 319 g/mol. The van der Waals surface area contributed by atoms with Crippen molar-refractivity contribution in [3.8, 4) is 5.75 Å². The molecule has 0 bridgehead atoms. The Bertz CT molecular complexity index is 807. The van der Waals surface area contributed by atoms with Crippen molar-refractivity contribution in [2.24, 2.45) is 0 Å². The third-order valence-corrected chi connectivity index (χ3v) is 3.83. The predicted molar refractivity (Wildman–Crippen MR) is 83.5 cm³/mol. The molecule has 0 amide bonds. The fourth-order valence-electron chi connectivity index (χ4n) is 2.89. The summed E-state index contributed by atoms with van der Waals surface area (Å²) in [4.78, 5) is 0. The maximum Gasteiger partial charge on any atom is 0.573 e. The van der Waals surface area contributed by atoms with Crippen LogP contribution in [-0.2, 0) is 0 Å². The van der Waals surface area contributed by atoms with E-state index in [-0.39, 0.29) is 11.8 Å². The normalized spacial score (nSPS) is 13.2. The zero-order valence-electron chi connectivity index (χ0n) is 12.5. The highest BCUT2D eigenvalue weighted by atomic mass is 19.4. The molecule has 1 atom stereocenters. The number of rotatable bonds is 4. The summed E-state index contributed by atoms with van der Waals surface area (Å²) >= 11 is 0. The van der Waals surface area contributed by atoms with E-state index in [9.17, 15) is 13.2 Å². The fraction of sp³-hybridized carbons (Fsp3) is 0.222. The van der Waals surface area contributed by atoms with Crippen molar-refractivity contribution in [2.75, 3.05) is 0 Å². The quantitative estimate of drug-likeness (QED) is 0.616. The number of aromatic nitrogens is 1. The van der Waals surface area contributed by atoms with E-state index >= 15 is 0 Å². The van der Waals surface area contributed by atoms with Crippen LogP contribution in [0.1, 0.15) is 24.9 Å². The van der Waals surface area contributed by atoms with Crippen molar-refractivity contribution in [3.63, 3.8) is 0 Å². The topological polar surface area (TPSA) is 14.2 Å². The Morgan fingerprint density at radius 1 is 1.04 bits per heavy atom. The minimum atomic E-state index is -4.68. The largest absolute Gasteiger partial charge is 0.573 e. The van der Waals surface area contributed by atoms with Gasteiger partial charge in [-0.1, -0.05) is 37.3 Å². The van der Waals surface area contributed by atoms with E-state index in [1.165, 1.54) is 12.1 Å². The van der Waals surface area contributed by atoms with Crippen LogP contribution in [0.15, 0.2) is 60.8 Å². The van der Waals surface area contributed by atoms with E-state index in [1.807, 2.05) is 49.5 Å². The summed E-state index contributed by atoms with van der Waals surface area (Å²) in [7, 11) is 0. The summed E-state index contributed by atoms with van der Waals surface area (Å²) in [6.45, 7) is 2.01. The highest BCUT2D eigenvalue weighted by Crippen LogP contribution is 2.31. The SMILES string of the molecule is CCC(c1cccc(OC(F)(F)F)c1)n1ccc2ccccc21. The van der Waals surface area contributed by atoms with Crippen molar-refractivity contribution in [3.05, 3.63) is 66.4 Å². The molecule has 120 valence electrons. The second kappa shape index (κ2) is 5.99. The standard InChI is InChI=1S/C18H16F3NO/c1-2-16(22-11-10-13-6-3-4-9-17(13)22)14-7-5-8-15(12-14)23-18(19,20)21/h3-12,16H,2H2,1H3. The minimum Gasteiger partial charge on any atom is -0.406 e. The Kier molecular flexibility index (Phi) is 4.03. The molecule has 0 aliphatic carbocycles. The molecule has 1 unspecified atom stereocenters. The lowest BCUT2D eigenvalue weighted by atomic mass is 10.0. The lowest BCUT2D eigenvalue weighted by Crippen LogP contribution is -2.17. The van der Waals surface area contributed by atoms with Gasteiger partial charge < -0.3 is 9.30 Å². The molecule has 0 saturated carbocycles. The fourth-order valence-corrected chi connectivity index (χ4v) is 2.89. The molecule has 0 fully saturated rings. The number of hydrogen-bond donors (Lipinski definition) is 0. The minimum absolute atomic E-state index is 0.0494. The number of fused-ring (bicyclic) bond motifs is 1. The van der Waals surface area contributed by atoms with E-state index in [1.54, 1.807) is 6.07 Å². The molecule has 0 saturated heterocycles. The third kappa shape index (κ3) is 3.33. The number of halogens is 3. The first kappa shape index (κ1) is 15.5. The zero-order valence-corrected chi connectivity index (χ0v) is 12.5. The molecule has 0 N–H and O–H groups in total. The second-order valence-electron chi connectivity index (χ2n) is 5.33. The third-order valence-electron chi connectivity index (χ3n) is 3.83. The Morgan fingerprint density at radius 3 is 2.57 bits per heavy atom. The maximum atomic E-state index is 12.4. The highest BCUT2D eigenvalue weighted by molar-refractivity contribution is 5.80. The molecule has 23 heavy (non-hydrogen) atoms. The van der Waals surface area contributed by atoms with Gasteiger partial charge in [-0.2, -0.15) is 0 Å². The van der Waals surface area contributed by atoms with Crippen LogP contribution in [0, 0.1) is 0 Å². The van der Waals surface area contributed by atoms with Crippen molar-refractivity contribution < 1.29 is 17.9 Å². The number of nitrogens with zero attached hydrogens (tertiary/aromatic N) is 1. The van der Waals surface area contributed by atoms with Crippen LogP contribution in [0.4, 0.5) is 13.2 Å². The van der Waals surface area contributed by atoms with Crippen LogP contribution < -0.4 is 4.74 Å². The molecule has 0 aliphatic heterocycles. The van der Waals surface area contributed by atoms with Crippen LogP contribution >= 0.6 is 0 Å². The molecule has 5 heteroatoms. The molecule has 0 radical (unpaired) electrons. The van der Waals surface area contributed by atoms with Crippen LogP contribution in [0.3, 0.4) is 0 Å².